The van der Waals surface area contributed by atoms with Crippen LogP contribution in [0, 0.1) is 12.3 Å². The van der Waals surface area contributed by atoms with Crippen LogP contribution in [0.5, 0.6) is 5.75 Å². The Bertz CT molecular complexity index is 887. The molecule has 1 atom stereocenters. The lowest BCUT2D eigenvalue weighted by Gasteiger charge is -2.37. The molecular weight excluding hydrogens is 377 g/mol. The van der Waals surface area contributed by atoms with Gasteiger partial charge in [-0.15, -0.1) is 24.5 Å². The maximum atomic E-state index is 12.5. The summed E-state index contributed by atoms with van der Waals surface area (Å²) in [6.45, 7) is 3.86. The number of amidine groups is 1. The average Bonchev–Trinajstić information content (AvgIpc) is 2.93. The minimum absolute atomic E-state index is 0.108. The number of ether oxygens (including phenoxy) is 1. The first-order valence-electron chi connectivity index (χ1n) is 8.29. The number of nitrogens with one attached hydrogen (secondary N) is 1. The fourth-order valence-electron chi connectivity index (χ4n) is 3.47. The zero-order chi connectivity index (χ0) is 20.0. The summed E-state index contributed by atoms with van der Waals surface area (Å²) < 4.78 is 41.5. The number of benzene rings is 1. The molecule has 1 fully saturated rings. The van der Waals surface area contributed by atoms with Crippen LogP contribution in [0.25, 0.3) is 11.1 Å². The van der Waals surface area contributed by atoms with Crippen molar-refractivity contribution < 1.29 is 22.7 Å². The molecule has 0 aliphatic carbocycles. The number of amides is 1. The summed E-state index contributed by atoms with van der Waals surface area (Å²) in [5.74, 6) is -0.109. The molecule has 8 heteroatoms. The Morgan fingerprint density at radius 1 is 1.30 bits per heavy atom. The molecule has 144 valence electrons. The molecule has 4 nitrogen and oxygen atoms in total. The maximum Gasteiger partial charge on any atom is 0.573 e. The molecule has 1 aliphatic heterocycles. The molecule has 27 heavy (non-hydrogen) atoms. The Hall–Kier alpha value is -2.35. The third kappa shape index (κ3) is 3.85. The number of alkyl halides is 3. The summed E-state index contributed by atoms with van der Waals surface area (Å²) in [6.07, 6.45) is -4.01. The zero-order valence-corrected chi connectivity index (χ0v) is 15.9. The van der Waals surface area contributed by atoms with Crippen LogP contribution in [0.1, 0.15) is 30.2 Å². The number of carbonyl (C=O) groups is 1. The second-order valence-electron chi connectivity index (χ2n) is 6.99. The van der Waals surface area contributed by atoms with E-state index in [0.29, 0.717) is 18.4 Å². The van der Waals surface area contributed by atoms with Gasteiger partial charge in [-0.05, 0) is 41.1 Å². The van der Waals surface area contributed by atoms with Gasteiger partial charge in [0.15, 0.2) is 0 Å². The number of nitrogens with zero attached hydrogens (tertiary/aromatic N) is 1. The predicted octanol–water partition coefficient (Wildman–Crippen LogP) is 5.11. The van der Waals surface area contributed by atoms with Gasteiger partial charge >= 0.3 is 6.36 Å². The highest BCUT2D eigenvalue weighted by Crippen LogP contribution is 2.44. The Kier molecular flexibility index (Phi) is 4.80. The number of rotatable bonds is 3. The van der Waals surface area contributed by atoms with E-state index in [1.165, 1.54) is 34.4 Å². The summed E-state index contributed by atoms with van der Waals surface area (Å²) in [4.78, 5) is 14.6. The van der Waals surface area contributed by atoms with Crippen LogP contribution < -0.4 is 4.74 Å². The summed E-state index contributed by atoms with van der Waals surface area (Å²) in [5, 5.41) is 9.95. The van der Waals surface area contributed by atoms with Gasteiger partial charge < -0.3 is 9.64 Å². The number of likely N-dealkylation sites (tertiary alicyclic amines) is 1. The van der Waals surface area contributed by atoms with Crippen LogP contribution in [0.4, 0.5) is 13.2 Å². The molecule has 1 aromatic heterocycles. The van der Waals surface area contributed by atoms with E-state index in [1.807, 2.05) is 19.2 Å². The molecule has 2 aromatic rings. The number of hydrogen-bond donors (Lipinski definition) is 1. The highest BCUT2D eigenvalue weighted by atomic mass is 32.1. The molecular formula is C19H19F3N2O2S. The summed E-state index contributed by atoms with van der Waals surface area (Å²) in [5.41, 5.74) is 1.85. The minimum Gasteiger partial charge on any atom is -0.406 e. The highest BCUT2D eigenvalue weighted by molar-refractivity contribution is 7.10. The number of piperidine rings is 1. The third-order valence-corrected chi connectivity index (χ3v) is 6.23. The van der Waals surface area contributed by atoms with Crippen molar-refractivity contribution in [1.82, 2.24) is 4.90 Å². The van der Waals surface area contributed by atoms with Crippen LogP contribution in [-0.4, -0.2) is 30.1 Å². The monoisotopic (exact) mass is 396 g/mol. The quantitative estimate of drug-likeness (QED) is 0.784. The Morgan fingerprint density at radius 2 is 2.00 bits per heavy atom. The van der Waals surface area contributed by atoms with E-state index in [1.54, 1.807) is 13.1 Å². The Balaban J connectivity index is 1.96. The van der Waals surface area contributed by atoms with Crippen molar-refractivity contribution in [3.8, 4) is 16.9 Å². The van der Waals surface area contributed by atoms with Crippen molar-refractivity contribution in [2.24, 2.45) is 0 Å². The summed E-state index contributed by atoms with van der Waals surface area (Å²) in [6, 6.07) is 5.87. The van der Waals surface area contributed by atoms with Crippen LogP contribution >= 0.6 is 11.3 Å². The molecule has 1 aromatic carbocycles. The van der Waals surface area contributed by atoms with Crippen molar-refractivity contribution in [3.63, 3.8) is 0 Å². The van der Waals surface area contributed by atoms with Gasteiger partial charge in [-0.25, -0.2) is 0 Å². The molecule has 0 saturated carbocycles. The molecule has 0 spiro atoms. The van der Waals surface area contributed by atoms with Gasteiger partial charge in [0.05, 0.1) is 0 Å². The fourth-order valence-corrected chi connectivity index (χ4v) is 4.74. The standard InChI is InChI=1S/C19H19F3N2O2S/c1-11-14(12-5-4-6-13(7-12)26-19(20,21)22)10-27-17(11)18(2)8-15(23)24(3)16(25)9-18/h4-7,10,23H,8-9H2,1-3H3/t18-/m0/s1. The maximum absolute atomic E-state index is 12.5. The van der Waals surface area contributed by atoms with E-state index in [0.717, 1.165) is 16.0 Å². The van der Waals surface area contributed by atoms with Gasteiger partial charge in [-0.1, -0.05) is 19.1 Å². The van der Waals surface area contributed by atoms with Crippen LogP contribution in [-0.2, 0) is 10.2 Å². The van der Waals surface area contributed by atoms with Crippen molar-refractivity contribution in [3.05, 3.63) is 40.1 Å². The number of hydrogen-bond acceptors (Lipinski definition) is 4. The first-order chi connectivity index (χ1) is 12.5. The van der Waals surface area contributed by atoms with Gasteiger partial charge in [0.25, 0.3) is 0 Å². The molecule has 0 unspecified atom stereocenters. The topological polar surface area (TPSA) is 53.4 Å². The Labute approximate surface area is 159 Å². The third-order valence-electron chi connectivity index (χ3n) is 4.84. The van der Waals surface area contributed by atoms with Gasteiger partial charge in [0.2, 0.25) is 5.91 Å². The van der Waals surface area contributed by atoms with Crippen molar-refractivity contribution in [2.75, 3.05) is 7.05 Å². The molecule has 1 N–H and O–H groups in total. The normalized spacial score (nSPS) is 20.9. The van der Waals surface area contributed by atoms with E-state index in [9.17, 15) is 18.0 Å². The van der Waals surface area contributed by atoms with E-state index in [2.05, 4.69) is 4.74 Å². The van der Waals surface area contributed by atoms with Crippen molar-refractivity contribution >= 4 is 23.1 Å². The van der Waals surface area contributed by atoms with E-state index in [-0.39, 0.29) is 17.5 Å². The van der Waals surface area contributed by atoms with E-state index >= 15 is 0 Å². The molecule has 2 heterocycles. The summed E-state index contributed by atoms with van der Waals surface area (Å²) >= 11 is 1.47. The van der Waals surface area contributed by atoms with Crippen molar-refractivity contribution in [2.45, 2.75) is 38.5 Å². The predicted molar refractivity (Wildman–Crippen MR) is 98.3 cm³/mol. The van der Waals surface area contributed by atoms with E-state index in [4.69, 9.17) is 5.41 Å². The number of carbonyl (C=O) groups excluding carboxylic acids is 1. The molecule has 0 bridgehead atoms. The van der Waals surface area contributed by atoms with Gasteiger partial charge in [0, 0.05) is 30.2 Å². The molecule has 3 rings (SSSR count). The lowest BCUT2D eigenvalue weighted by atomic mass is 9.76. The summed E-state index contributed by atoms with van der Waals surface area (Å²) in [7, 11) is 1.60. The van der Waals surface area contributed by atoms with Crippen LogP contribution in [0.2, 0.25) is 0 Å². The second kappa shape index (κ2) is 6.67. The van der Waals surface area contributed by atoms with Gasteiger partial charge in [-0.2, -0.15) is 0 Å². The Morgan fingerprint density at radius 3 is 2.63 bits per heavy atom. The zero-order valence-electron chi connectivity index (χ0n) is 15.1. The number of halogens is 3. The first-order valence-corrected chi connectivity index (χ1v) is 9.17. The molecule has 0 radical (unpaired) electrons. The molecule has 1 aliphatic rings. The van der Waals surface area contributed by atoms with Crippen LogP contribution in [0.3, 0.4) is 0 Å². The lowest BCUT2D eigenvalue weighted by Crippen LogP contribution is -2.46. The number of thiophene rings is 1. The molecule has 1 saturated heterocycles. The first kappa shape index (κ1) is 19.4. The SMILES string of the molecule is Cc1c(-c2cccc(OC(F)(F)F)c2)csc1[C@@]1(C)CC(=N)N(C)C(=O)C1. The lowest BCUT2D eigenvalue weighted by molar-refractivity contribution is -0.274. The fraction of sp³-hybridized carbons (Fsp3) is 0.368. The molecule has 1 amide bonds. The minimum atomic E-state index is -4.74. The largest absolute Gasteiger partial charge is 0.573 e. The van der Waals surface area contributed by atoms with Gasteiger partial charge in [-0.3, -0.25) is 10.2 Å². The van der Waals surface area contributed by atoms with E-state index < -0.39 is 11.8 Å². The van der Waals surface area contributed by atoms with Crippen molar-refractivity contribution in [1.29, 1.82) is 5.41 Å². The second-order valence-corrected chi connectivity index (χ2v) is 7.87. The highest BCUT2D eigenvalue weighted by Gasteiger charge is 2.40. The smallest absolute Gasteiger partial charge is 0.406 e. The average molecular weight is 396 g/mol. The van der Waals surface area contributed by atoms with Gasteiger partial charge in [0.1, 0.15) is 11.6 Å². The van der Waals surface area contributed by atoms with Crippen LogP contribution in [0.15, 0.2) is 29.6 Å².